The lowest BCUT2D eigenvalue weighted by molar-refractivity contribution is 0.0461. The zero-order valence-electron chi connectivity index (χ0n) is 12.5. The van der Waals surface area contributed by atoms with E-state index in [2.05, 4.69) is 9.97 Å². The highest BCUT2D eigenvalue weighted by atomic mass is 32.1. The maximum atomic E-state index is 12.2. The van der Waals surface area contributed by atoms with Crippen molar-refractivity contribution in [2.45, 2.75) is 6.61 Å². The number of pyridine rings is 1. The number of benzene rings is 1. The van der Waals surface area contributed by atoms with Crippen LogP contribution in [-0.2, 0) is 11.3 Å². The van der Waals surface area contributed by atoms with Gasteiger partial charge in [-0.05, 0) is 23.6 Å². The number of thiophene rings is 1. The number of nitrogens with zero attached hydrogens (tertiary/aromatic N) is 2. The molecule has 4 aromatic rings. The van der Waals surface area contributed by atoms with Crippen LogP contribution in [0.25, 0.3) is 21.7 Å². The van der Waals surface area contributed by atoms with Crippen molar-refractivity contribution in [2.24, 2.45) is 0 Å². The first kappa shape index (κ1) is 14.6. The summed E-state index contributed by atoms with van der Waals surface area (Å²) in [5.74, 6) is 0.0429. The highest BCUT2D eigenvalue weighted by molar-refractivity contribution is 7.13. The van der Waals surface area contributed by atoms with Gasteiger partial charge < -0.3 is 9.15 Å². The molecule has 0 bridgehead atoms. The summed E-state index contributed by atoms with van der Waals surface area (Å²) in [7, 11) is 0. The number of carbonyl (C=O) groups is 1. The van der Waals surface area contributed by atoms with Crippen molar-refractivity contribution in [3.63, 3.8) is 0 Å². The Hall–Kier alpha value is -2.99. The normalized spacial score (nSPS) is 10.8. The zero-order valence-corrected chi connectivity index (χ0v) is 13.3. The lowest BCUT2D eigenvalue weighted by atomic mass is 10.2. The van der Waals surface area contributed by atoms with E-state index < -0.39 is 5.97 Å². The predicted octanol–water partition coefficient (Wildman–Crippen LogP) is 4.31. The van der Waals surface area contributed by atoms with Gasteiger partial charge in [-0.25, -0.2) is 14.8 Å². The second-order valence-corrected chi connectivity index (χ2v) is 6.03. The Labute approximate surface area is 141 Å². The Bertz CT molecular complexity index is 992. The van der Waals surface area contributed by atoms with E-state index in [0.29, 0.717) is 11.6 Å². The molecule has 0 radical (unpaired) electrons. The standard InChI is InChI=1S/C18H12N2O3S/c21-18(15-8-7-12-4-1-2-5-14(12)20-15)23-11-13-10-22-17(19-13)16-6-3-9-24-16/h1-10H,11H2. The van der Waals surface area contributed by atoms with Crippen LogP contribution in [0.4, 0.5) is 0 Å². The lowest BCUT2D eigenvalue weighted by Gasteiger charge is -2.03. The highest BCUT2D eigenvalue weighted by Crippen LogP contribution is 2.23. The monoisotopic (exact) mass is 336 g/mol. The molecule has 0 saturated carbocycles. The number of fused-ring (bicyclic) bond motifs is 1. The molecular formula is C18H12N2O3S. The number of ether oxygens (including phenoxy) is 1. The van der Waals surface area contributed by atoms with Gasteiger partial charge in [-0.1, -0.05) is 30.3 Å². The van der Waals surface area contributed by atoms with Crippen molar-refractivity contribution in [3.05, 3.63) is 71.6 Å². The van der Waals surface area contributed by atoms with Crippen molar-refractivity contribution in [1.29, 1.82) is 0 Å². The highest BCUT2D eigenvalue weighted by Gasteiger charge is 2.13. The molecule has 5 nitrogen and oxygen atoms in total. The summed E-state index contributed by atoms with van der Waals surface area (Å²) in [6.07, 6.45) is 1.50. The Morgan fingerprint density at radius 2 is 2.00 bits per heavy atom. The van der Waals surface area contributed by atoms with Gasteiger partial charge in [0.1, 0.15) is 24.3 Å². The van der Waals surface area contributed by atoms with Gasteiger partial charge >= 0.3 is 5.97 Å². The third-order valence-corrected chi connectivity index (χ3v) is 4.30. The van der Waals surface area contributed by atoms with E-state index in [1.54, 1.807) is 6.07 Å². The number of oxazole rings is 1. The number of rotatable bonds is 4. The van der Waals surface area contributed by atoms with Crippen LogP contribution < -0.4 is 0 Å². The SMILES string of the molecule is O=C(OCc1coc(-c2cccs2)n1)c1ccc2ccccc2n1. The van der Waals surface area contributed by atoms with Crippen LogP contribution in [-0.4, -0.2) is 15.9 Å². The molecular weight excluding hydrogens is 324 g/mol. The van der Waals surface area contributed by atoms with Crippen LogP contribution in [0.2, 0.25) is 0 Å². The van der Waals surface area contributed by atoms with Gasteiger partial charge in [0.05, 0.1) is 10.4 Å². The average Bonchev–Trinajstić information content (AvgIpc) is 3.30. The third kappa shape index (κ3) is 2.91. The molecule has 0 fully saturated rings. The van der Waals surface area contributed by atoms with Crippen molar-refractivity contribution in [3.8, 4) is 10.8 Å². The average molecular weight is 336 g/mol. The molecule has 0 N–H and O–H groups in total. The number of hydrogen-bond acceptors (Lipinski definition) is 6. The zero-order chi connectivity index (χ0) is 16.4. The molecule has 24 heavy (non-hydrogen) atoms. The Morgan fingerprint density at radius 3 is 2.88 bits per heavy atom. The molecule has 0 amide bonds. The fourth-order valence-electron chi connectivity index (χ4n) is 2.28. The summed E-state index contributed by atoms with van der Waals surface area (Å²) in [5.41, 5.74) is 1.59. The van der Waals surface area contributed by atoms with Crippen LogP contribution >= 0.6 is 11.3 Å². The number of hydrogen-bond donors (Lipinski definition) is 0. The van der Waals surface area contributed by atoms with Crippen LogP contribution in [0, 0.1) is 0 Å². The van der Waals surface area contributed by atoms with Gasteiger partial charge in [0.25, 0.3) is 0 Å². The topological polar surface area (TPSA) is 65.2 Å². The van der Waals surface area contributed by atoms with Crippen LogP contribution in [0.5, 0.6) is 0 Å². The van der Waals surface area contributed by atoms with E-state index >= 15 is 0 Å². The molecule has 118 valence electrons. The summed E-state index contributed by atoms with van der Waals surface area (Å²) in [6.45, 7) is 0.0439. The Balaban J connectivity index is 1.46. The molecule has 3 heterocycles. The second-order valence-electron chi connectivity index (χ2n) is 5.09. The predicted molar refractivity (Wildman–Crippen MR) is 90.7 cm³/mol. The number of carbonyl (C=O) groups excluding carboxylic acids is 1. The van der Waals surface area contributed by atoms with Gasteiger partial charge in [-0.2, -0.15) is 0 Å². The largest absolute Gasteiger partial charge is 0.454 e. The van der Waals surface area contributed by atoms with Gasteiger partial charge in [-0.15, -0.1) is 11.3 Å². The molecule has 0 saturated heterocycles. The fraction of sp³-hybridized carbons (Fsp3) is 0.0556. The maximum absolute atomic E-state index is 12.2. The van der Waals surface area contributed by atoms with Crippen molar-refractivity contribution in [2.75, 3.05) is 0 Å². The lowest BCUT2D eigenvalue weighted by Crippen LogP contribution is -2.07. The summed E-state index contributed by atoms with van der Waals surface area (Å²) < 4.78 is 10.7. The molecule has 0 atom stereocenters. The van der Waals surface area contributed by atoms with Gasteiger partial charge in [0.15, 0.2) is 0 Å². The Kier molecular flexibility index (Phi) is 3.80. The first-order valence-corrected chi connectivity index (χ1v) is 8.19. The number of esters is 1. The number of aromatic nitrogens is 2. The fourth-order valence-corrected chi connectivity index (χ4v) is 2.94. The molecule has 0 spiro atoms. The molecule has 0 aliphatic rings. The van der Waals surface area contributed by atoms with Gasteiger partial charge in [0.2, 0.25) is 5.89 Å². The minimum Gasteiger partial charge on any atom is -0.454 e. The minimum absolute atomic E-state index is 0.0439. The summed E-state index contributed by atoms with van der Waals surface area (Å²) in [6, 6.07) is 15.0. The van der Waals surface area contributed by atoms with E-state index in [-0.39, 0.29) is 12.3 Å². The first-order chi connectivity index (χ1) is 11.8. The van der Waals surface area contributed by atoms with Crippen molar-refractivity contribution in [1.82, 2.24) is 9.97 Å². The van der Waals surface area contributed by atoms with Gasteiger partial charge in [0, 0.05) is 5.39 Å². The summed E-state index contributed by atoms with van der Waals surface area (Å²) in [4.78, 5) is 21.7. The maximum Gasteiger partial charge on any atom is 0.357 e. The molecule has 6 heteroatoms. The van der Waals surface area contributed by atoms with Crippen molar-refractivity contribution < 1.29 is 13.9 Å². The molecule has 0 aliphatic heterocycles. The third-order valence-electron chi connectivity index (χ3n) is 3.44. The molecule has 1 aromatic carbocycles. The molecule has 0 unspecified atom stereocenters. The summed E-state index contributed by atoms with van der Waals surface area (Å²) in [5, 5.41) is 2.93. The smallest absolute Gasteiger partial charge is 0.357 e. The van der Waals surface area contributed by atoms with E-state index in [9.17, 15) is 4.79 Å². The van der Waals surface area contributed by atoms with E-state index in [1.165, 1.54) is 17.6 Å². The summed E-state index contributed by atoms with van der Waals surface area (Å²) >= 11 is 1.54. The molecule has 0 aliphatic carbocycles. The van der Waals surface area contributed by atoms with E-state index in [4.69, 9.17) is 9.15 Å². The Morgan fingerprint density at radius 1 is 1.08 bits per heavy atom. The van der Waals surface area contributed by atoms with E-state index in [1.807, 2.05) is 47.8 Å². The van der Waals surface area contributed by atoms with Crippen LogP contribution in [0.1, 0.15) is 16.2 Å². The van der Waals surface area contributed by atoms with Crippen molar-refractivity contribution >= 4 is 28.2 Å². The van der Waals surface area contributed by atoms with Crippen LogP contribution in [0.15, 0.2) is 64.6 Å². The van der Waals surface area contributed by atoms with Gasteiger partial charge in [-0.3, -0.25) is 0 Å². The molecule has 4 rings (SSSR count). The number of para-hydroxylation sites is 1. The van der Waals surface area contributed by atoms with Crippen LogP contribution in [0.3, 0.4) is 0 Å². The second kappa shape index (κ2) is 6.25. The first-order valence-electron chi connectivity index (χ1n) is 7.31. The quantitative estimate of drug-likeness (QED) is 0.520. The minimum atomic E-state index is -0.485. The molecule has 3 aromatic heterocycles. The van der Waals surface area contributed by atoms with E-state index in [0.717, 1.165) is 15.8 Å².